The van der Waals surface area contributed by atoms with Gasteiger partial charge < -0.3 is 16.0 Å². The fraction of sp³-hybridized carbons (Fsp3) is 0.571. The minimum absolute atomic E-state index is 0.0542. The molecule has 1 aromatic rings. The van der Waals surface area contributed by atoms with Gasteiger partial charge in [0, 0.05) is 36.8 Å². The monoisotopic (exact) mass is 354 g/mol. The van der Waals surface area contributed by atoms with Crippen molar-refractivity contribution < 1.29 is 4.79 Å². The highest BCUT2D eigenvalue weighted by Crippen LogP contribution is 2.50. The van der Waals surface area contributed by atoms with Gasteiger partial charge in [-0.2, -0.15) is 0 Å². The fourth-order valence-electron chi connectivity index (χ4n) is 5.00. The van der Waals surface area contributed by atoms with Crippen molar-refractivity contribution in [2.24, 2.45) is 0 Å². The maximum atomic E-state index is 12.1. The molecule has 4 atom stereocenters. The first-order chi connectivity index (χ1) is 12.6. The van der Waals surface area contributed by atoms with Crippen LogP contribution in [0.25, 0.3) is 5.57 Å². The summed E-state index contributed by atoms with van der Waals surface area (Å²) in [4.78, 5) is 14.6. The van der Waals surface area contributed by atoms with E-state index in [1.54, 1.807) is 0 Å². The number of carbonyl (C=O) groups excluding carboxylic acids is 1. The first-order valence-electron chi connectivity index (χ1n) is 10.0. The maximum Gasteiger partial charge on any atom is 0.315 e. The molecule has 0 saturated carbocycles. The molecule has 0 fully saturated rings. The molecule has 1 aliphatic carbocycles. The summed E-state index contributed by atoms with van der Waals surface area (Å²) in [6, 6.07) is 7.55. The van der Waals surface area contributed by atoms with Crippen molar-refractivity contribution >= 4 is 17.3 Å². The summed E-state index contributed by atoms with van der Waals surface area (Å²) in [5, 5.41) is 9.66. The smallest absolute Gasteiger partial charge is 0.315 e. The predicted molar refractivity (Wildman–Crippen MR) is 107 cm³/mol. The van der Waals surface area contributed by atoms with Crippen LogP contribution in [-0.4, -0.2) is 48.7 Å². The third-order valence-electron chi connectivity index (χ3n) is 6.03. The van der Waals surface area contributed by atoms with Crippen molar-refractivity contribution in [3.05, 3.63) is 35.4 Å². The van der Waals surface area contributed by atoms with Gasteiger partial charge in [0.2, 0.25) is 0 Å². The number of rotatable bonds is 4. The molecule has 0 radical (unpaired) electrons. The van der Waals surface area contributed by atoms with Gasteiger partial charge in [0.25, 0.3) is 0 Å². The molecule has 4 rings (SSSR count). The molecule has 2 amide bonds. The number of carbonyl (C=O) groups is 1. The van der Waals surface area contributed by atoms with Crippen molar-refractivity contribution in [1.82, 2.24) is 15.5 Å². The number of amides is 2. The molecule has 5 heteroatoms. The van der Waals surface area contributed by atoms with E-state index < -0.39 is 0 Å². The molecule has 0 spiro atoms. The Hall–Kier alpha value is -2.01. The van der Waals surface area contributed by atoms with Crippen molar-refractivity contribution in [3.63, 3.8) is 0 Å². The van der Waals surface area contributed by atoms with E-state index in [9.17, 15) is 4.79 Å². The Kier molecular flexibility index (Phi) is 4.65. The van der Waals surface area contributed by atoms with Crippen molar-refractivity contribution in [2.45, 2.75) is 57.7 Å². The molecule has 0 bridgehead atoms. The van der Waals surface area contributed by atoms with Gasteiger partial charge >= 0.3 is 6.03 Å². The molecule has 1 aromatic carbocycles. The predicted octanol–water partition coefficient (Wildman–Crippen LogP) is 3.15. The molecule has 3 N–H and O–H groups in total. The number of hydrogen-bond acceptors (Lipinski definition) is 3. The number of benzene rings is 1. The Morgan fingerprint density at radius 3 is 2.96 bits per heavy atom. The minimum atomic E-state index is -0.0773. The fourth-order valence-corrected chi connectivity index (χ4v) is 5.00. The number of hydrogen-bond donors (Lipinski definition) is 3. The molecule has 2 aliphatic heterocycles. The van der Waals surface area contributed by atoms with E-state index in [1.807, 2.05) is 6.92 Å². The van der Waals surface area contributed by atoms with Crippen LogP contribution in [0.15, 0.2) is 24.3 Å². The van der Waals surface area contributed by atoms with Gasteiger partial charge in [0.05, 0.1) is 6.04 Å². The normalized spacial score (nSPS) is 29.3. The summed E-state index contributed by atoms with van der Waals surface area (Å²) in [5.74, 6) is 0.579. The van der Waals surface area contributed by atoms with Crippen LogP contribution in [-0.2, 0) is 0 Å². The van der Waals surface area contributed by atoms with Crippen LogP contribution in [0.4, 0.5) is 10.5 Å². The molecule has 5 nitrogen and oxygen atoms in total. The van der Waals surface area contributed by atoms with E-state index >= 15 is 0 Å². The van der Waals surface area contributed by atoms with Gasteiger partial charge in [-0.3, -0.25) is 4.90 Å². The van der Waals surface area contributed by atoms with Gasteiger partial charge in [-0.25, -0.2) is 4.79 Å². The summed E-state index contributed by atoms with van der Waals surface area (Å²) in [6.07, 6.45) is 4.60. The molecule has 0 aromatic heterocycles. The summed E-state index contributed by atoms with van der Waals surface area (Å²) >= 11 is 0. The van der Waals surface area contributed by atoms with E-state index in [0.29, 0.717) is 24.5 Å². The van der Waals surface area contributed by atoms with E-state index in [2.05, 4.69) is 59.0 Å². The number of fused-ring (bicyclic) bond motifs is 2. The van der Waals surface area contributed by atoms with Crippen LogP contribution >= 0.6 is 0 Å². The summed E-state index contributed by atoms with van der Waals surface area (Å²) in [7, 11) is 0. The van der Waals surface area contributed by atoms with Gasteiger partial charge in [0.15, 0.2) is 0 Å². The molecule has 0 saturated heterocycles. The third-order valence-corrected chi connectivity index (χ3v) is 6.03. The van der Waals surface area contributed by atoms with E-state index in [1.165, 1.54) is 22.4 Å². The lowest BCUT2D eigenvalue weighted by atomic mass is 9.73. The Labute approximate surface area is 156 Å². The second kappa shape index (κ2) is 6.95. The van der Waals surface area contributed by atoms with E-state index in [0.717, 1.165) is 25.9 Å². The first-order valence-corrected chi connectivity index (χ1v) is 10.0. The second-order valence-corrected chi connectivity index (χ2v) is 7.79. The van der Waals surface area contributed by atoms with Crippen LogP contribution in [0.2, 0.25) is 0 Å². The summed E-state index contributed by atoms with van der Waals surface area (Å²) in [5.41, 5.74) is 5.55. The maximum absolute atomic E-state index is 12.1. The highest BCUT2D eigenvalue weighted by atomic mass is 16.2. The SMILES string of the molecule is CCCN1C[C@@H](NC(=O)NCC)C=C2c3cccc4c3[C@H](C[C@H]21)C(C)N4. The Morgan fingerprint density at radius 1 is 1.35 bits per heavy atom. The molecule has 2 heterocycles. The van der Waals surface area contributed by atoms with Crippen LogP contribution in [0.5, 0.6) is 0 Å². The van der Waals surface area contributed by atoms with Gasteiger partial charge in [-0.05, 0) is 56.0 Å². The van der Waals surface area contributed by atoms with E-state index in [-0.39, 0.29) is 12.1 Å². The molecule has 1 unspecified atom stereocenters. The zero-order chi connectivity index (χ0) is 18.3. The zero-order valence-electron chi connectivity index (χ0n) is 16.0. The standard InChI is InChI=1S/C21H30N4O/c1-4-9-25-12-14(24-21(26)22-5-2)10-17-15-7-6-8-18-20(15)16(11-19(17)25)13(3)23-18/h6-8,10,13-14,16,19,23H,4-5,9,11-12H2,1-3H3,(H2,22,24,26)/t13?,14-,16+,19+/m0/s1. The molecular formula is C21H30N4O. The second-order valence-electron chi connectivity index (χ2n) is 7.79. The average molecular weight is 354 g/mol. The summed E-state index contributed by atoms with van der Waals surface area (Å²) < 4.78 is 0. The minimum Gasteiger partial charge on any atom is -0.382 e. The van der Waals surface area contributed by atoms with Crippen LogP contribution in [0, 0.1) is 0 Å². The number of nitrogens with one attached hydrogen (secondary N) is 3. The van der Waals surface area contributed by atoms with Crippen molar-refractivity contribution in [2.75, 3.05) is 25.0 Å². The van der Waals surface area contributed by atoms with Gasteiger partial charge in [-0.1, -0.05) is 25.1 Å². The van der Waals surface area contributed by atoms with Gasteiger partial charge in [-0.15, -0.1) is 0 Å². The number of urea groups is 1. The Bertz CT molecular complexity index is 729. The molecule has 140 valence electrons. The highest BCUT2D eigenvalue weighted by Gasteiger charge is 2.43. The van der Waals surface area contributed by atoms with E-state index in [4.69, 9.17) is 0 Å². The lowest BCUT2D eigenvalue weighted by Crippen LogP contribution is -2.53. The van der Waals surface area contributed by atoms with Crippen LogP contribution < -0.4 is 16.0 Å². The Balaban J connectivity index is 1.71. The van der Waals surface area contributed by atoms with Crippen molar-refractivity contribution in [3.8, 4) is 0 Å². The van der Waals surface area contributed by atoms with Crippen LogP contribution in [0.1, 0.15) is 50.7 Å². The average Bonchev–Trinajstić information content (AvgIpc) is 2.93. The summed E-state index contributed by atoms with van der Waals surface area (Å²) in [6.45, 7) is 9.09. The molecular weight excluding hydrogens is 324 g/mol. The molecule has 3 aliphatic rings. The largest absolute Gasteiger partial charge is 0.382 e. The lowest BCUT2D eigenvalue weighted by Gasteiger charge is -2.44. The first kappa shape index (κ1) is 17.4. The zero-order valence-corrected chi connectivity index (χ0v) is 16.0. The van der Waals surface area contributed by atoms with Crippen molar-refractivity contribution in [1.29, 1.82) is 0 Å². The van der Waals surface area contributed by atoms with Crippen LogP contribution in [0.3, 0.4) is 0 Å². The Morgan fingerprint density at radius 2 is 2.19 bits per heavy atom. The van der Waals surface area contributed by atoms with Gasteiger partial charge in [0.1, 0.15) is 0 Å². The lowest BCUT2D eigenvalue weighted by molar-refractivity contribution is 0.188. The number of nitrogens with zero attached hydrogens (tertiary/aromatic N) is 1. The number of anilines is 1. The highest BCUT2D eigenvalue weighted by molar-refractivity contribution is 5.83. The quantitative estimate of drug-likeness (QED) is 0.778. The topological polar surface area (TPSA) is 56.4 Å². The third kappa shape index (κ3) is 2.88. The molecule has 26 heavy (non-hydrogen) atoms.